The molecule has 2 nitrogen and oxygen atoms in total. The van der Waals surface area contributed by atoms with Crippen molar-refractivity contribution in [2.45, 2.75) is 56.3 Å². The van der Waals surface area contributed by atoms with E-state index in [1.807, 2.05) is 0 Å². The van der Waals surface area contributed by atoms with Crippen molar-refractivity contribution in [1.82, 2.24) is 5.32 Å². The van der Waals surface area contributed by atoms with E-state index >= 15 is 0 Å². The lowest BCUT2D eigenvalue weighted by molar-refractivity contribution is -0.137. The summed E-state index contributed by atoms with van der Waals surface area (Å²) in [4.78, 5) is 0. The Labute approximate surface area is 162 Å². The van der Waals surface area contributed by atoms with Gasteiger partial charge in [0.05, 0.1) is 11.2 Å². The maximum Gasteiger partial charge on any atom is 0.416 e. The molecule has 1 aliphatic rings. The Morgan fingerprint density at radius 2 is 1.68 bits per heavy atom. The maximum absolute atomic E-state index is 13.2. The van der Waals surface area contributed by atoms with Gasteiger partial charge in [0, 0.05) is 19.0 Å². The molecule has 1 fully saturated rings. The summed E-state index contributed by atoms with van der Waals surface area (Å²) < 4.78 is 52.5. The molecular weight excluding hydrogens is 370 g/mol. The van der Waals surface area contributed by atoms with Gasteiger partial charge < -0.3 is 10.4 Å². The third kappa shape index (κ3) is 5.11. The molecule has 0 amide bonds. The summed E-state index contributed by atoms with van der Waals surface area (Å²) in [6.07, 6.45) is -0.510. The monoisotopic (exact) mass is 395 g/mol. The highest BCUT2D eigenvalue weighted by molar-refractivity contribution is 5.31. The topological polar surface area (TPSA) is 32.3 Å². The molecule has 1 saturated carbocycles. The van der Waals surface area contributed by atoms with Crippen molar-refractivity contribution < 1.29 is 22.7 Å². The summed E-state index contributed by atoms with van der Waals surface area (Å²) in [5, 5.41) is 14.5. The number of aliphatic hydroxyl groups is 1. The maximum atomic E-state index is 13.2. The third-order valence-electron chi connectivity index (χ3n) is 5.58. The second kappa shape index (κ2) is 8.62. The molecule has 0 bridgehead atoms. The van der Waals surface area contributed by atoms with Crippen molar-refractivity contribution in [3.63, 3.8) is 0 Å². The summed E-state index contributed by atoms with van der Waals surface area (Å²) in [6, 6.07) is 11.3. The van der Waals surface area contributed by atoms with Crippen LogP contribution in [0.5, 0.6) is 0 Å². The van der Waals surface area contributed by atoms with Crippen LogP contribution in [0.15, 0.2) is 48.5 Å². The molecule has 0 spiro atoms. The Bertz CT molecular complexity index is 767. The fourth-order valence-electron chi connectivity index (χ4n) is 4.03. The minimum atomic E-state index is -4.42. The number of halogens is 4. The summed E-state index contributed by atoms with van der Waals surface area (Å²) in [6.45, 7) is 0.793. The minimum Gasteiger partial charge on any atom is -0.389 e. The second-order valence-electron chi connectivity index (χ2n) is 7.60. The standard InChI is InChI=1S/C22H25F4NO/c23-19-9-7-16(8-10-19)14-27-15-20(21(28)11-2-1-3-12-21)17-5-4-6-18(13-17)22(24,25)26/h4-10,13,20,27-28H,1-3,11-12,14-15H2. The molecule has 0 saturated heterocycles. The average Bonchev–Trinajstić information content (AvgIpc) is 2.66. The summed E-state index contributed by atoms with van der Waals surface area (Å²) in [7, 11) is 0. The Hall–Kier alpha value is -1.92. The summed E-state index contributed by atoms with van der Waals surface area (Å²) in [5.41, 5.74) is -0.364. The molecule has 2 N–H and O–H groups in total. The molecule has 1 unspecified atom stereocenters. The smallest absolute Gasteiger partial charge is 0.389 e. The van der Waals surface area contributed by atoms with Crippen molar-refractivity contribution in [2.75, 3.05) is 6.54 Å². The van der Waals surface area contributed by atoms with E-state index in [1.165, 1.54) is 18.2 Å². The van der Waals surface area contributed by atoms with Gasteiger partial charge in [-0.25, -0.2) is 4.39 Å². The highest BCUT2D eigenvalue weighted by atomic mass is 19.4. The molecule has 0 heterocycles. The van der Waals surface area contributed by atoms with Crippen molar-refractivity contribution in [3.8, 4) is 0 Å². The first-order valence-electron chi connectivity index (χ1n) is 9.63. The third-order valence-corrected chi connectivity index (χ3v) is 5.58. The lowest BCUT2D eigenvalue weighted by Crippen LogP contribution is -2.43. The van der Waals surface area contributed by atoms with Crippen LogP contribution in [0.3, 0.4) is 0 Å². The Morgan fingerprint density at radius 1 is 1.00 bits per heavy atom. The van der Waals surface area contributed by atoms with Gasteiger partial charge >= 0.3 is 6.18 Å². The zero-order valence-corrected chi connectivity index (χ0v) is 15.6. The van der Waals surface area contributed by atoms with Crippen molar-refractivity contribution in [2.24, 2.45) is 0 Å². The van der Waals surface area contributed by atoms with Crippen LogP contribution in [-0.2, 0) is 12.7 Å². The molecule has 2 aromatic carbocycles. The van der Waals surface area contributed by atoms with E-state index < -0.39 is 23.3 Å². The van der Waals surface area contributed by atoms with E-state index in [2.05, 4.69) is 5.32 Å². The van der Waals surface area contributed by atoms with Gasteiger partial charge in [0.1, 0.15) is 5.82 Å². The lowest BCUT2D eigenvalue weighted by atomic mass is 9.72. The predicted molar refractivity (Wildman–Crippen MR) is 100 cm³/mol. The number of hydrogen-bond donors (Lipinski definition) is 2. The number of alkyl halides is 3. The molecule has 1 aliphatic carbocycles. The Balaban J connectivity index is 1.80. The second-order valence-corrected chi connectivity index (χ2v) is 7.60. The highest BCUT2D eigenvalue weighted by Gasteiger charge is 2.39. The molecular formula is C22H25F4NO. The fraction of sp³-hybridized carbons (Fsp3) is 0.455. The van der Waals surface area contributed by atoms with Crippen LogP contribution in [0, 0.1) is 5.82 Å². The van der Waals surface area contributed by atoms with Gasteiger partial charge in [-0.2, -0.15) is 13.2 Å². The van der Waals surface area contributed by atoms with E-state index in [9.17, 15) is 22.7 Å². The average molecular weight is 395 g/mol. The van der Waals surface area contributed by atoms with E-state index in [1.54, 1.807) is 18.2 Å². The zero-order chi connectivity index (χ0) is 20.2. The van der Waals surface area contributed by atoms with Crippen molar-refractivity contribution in [1.29, 1.82) is 0 Å². The van der Waals surface area contributed by atoms with E-state index in [-0.39, 0.29) is 5.82 Å². The SMILES string of the molecule is OC1(C(CNCc2ccc(F)cc2)c2cccc(C(F)(F)F)c2)CCCCC1. The molecule has 28 heavy (non-hydrogen) atoms. The summed E-state index contributed by atoms with van der Waals surface area (Å²) >= 11 is 0. The Morgan fingerprint density at radius 3 is 2.32 bits per heavy atom. The van der Waals surface area contributed by atoms with Gasteiger partial charge in [0.2, 0.25) is 0 Å². The zero-order valence-electron chi connectivity index (χ0n) is 15.6. The van der Waals surface area contributed by atoms with Gasteiger partial charge in [-0.05, 0) is 42.2 Å². The largest absolute Gasteiger partial charge is 0.416 e. The first-order chi connectivity index (χ1) is 13.3. The first kappa shape index (κ1) is 20.8. The molecule has 1 atom stereocenters. The van der Waals surface area contributed by atoms with Crippen LogP contribution in [0.25, 0.3) is 0 Å². The number of hydrogen-bond acceptors (Lipinski definition) is 2. The molecule has 2 aromatic rings. The fourth-order valence-corrected chi connectivity index (χ4v) is 4.03. The summed E-state index contributed by atoms with van der Waals surface area (Å²) in [5.74, 6) is -0.766. The van der Waals surface area contributed by atoms with Gasteiger partial charge in [0.15, 0.2) is 0 Å². The van der Waals surface area contributed by atoms with Gasteiger partial charge in [-0.3, -0.25) is 0 Å². The van der Waals surface area contributed by atoms with Crippen LogP contribution < -0.4 is 5.32 Å². The number of benzene rings is 2. The van der Waals surface area contributed by atoms with E-state index in [4.69, 9.17) is 0 Å². The van der Waals surface area contributed by atoms with Crippen LogP contribution in [0.4, 0.5) is 17.6 Å². The number of rotatable bonds is 6. The Kier molecular flexibility index (Phi) is 6.40. The van der Waals surface area contributed by atoms with Crippen molar-refractivity contribution in [3.05, 3.63) is 71.0 Å². The van der Waals surface area contributed by atoms with Gasteiger partial charge in [-0.15, -0.1) is 0 Å². The van der Waals surface area contributed by atoms with Crippen molar-refractivity contribution >= 4 is 0 Å². The highest BCUT2D eigenvalue weighted by Crippen LogP contribution is 2.41. The normalized spacial score (nSPS) is 18.0. The van der Waals surface area contributed by atoms with Crippen LogP contribution in [0.2, 0.25) is 0 Å². The van der Waals surface area contributed by atoms with Crippen LogP contribution in [-0.4, -0.2) is 17.3 Å². The van der Waals surface area contributed by atoms with E-state index in [0.29, 0.717) is 31.5 Å². The molecule has 152 valence electrons. The van der Waals surface area contributed by atoms with E-state index in [0.717, 1.165) is 37.0 Å². The van der Waals surface area contributed by atoms with Gasteiger partial charge in [0.25, 0.3) is 0 Å². The quantitative estimate of drug-likeness (QED) is 0.641. The number of nitrogens with one attached hydrogen (secondary N) is 1. The van der Waals surface area contributed by atoms with Crippen LogP contribution >= 0.6 is 0 Å². The first-order valence-corrected chi connectivity index (χ1v) is 9.63. The molecule has 0 aliphatic heterocycles. The molecule has 3 rings (SSSR count). The molecule has 0 radical (unpaired) electrons. The molecule has 0 aromatic heterocycles. The van der Waals surface area contributed by atoms with Gasteiger partial charge in [-0.1, -0.05) is 49.6 Å². The lowest BCUT2D eigenvalue weighted by Gasteiger charge is -2.40. The predicted octanol–water partition coefficient (Wildman–Crippen LogP) is 5.41. The molecule has 6 heteroatoms. The minimum absolute atomic E-state index is 0.317. The van der Waals surface area contributed by atoms with Crippen LogP contribution in [0.1, 0.15) is 54.7 Å².